The Kier molecular flexibility index (Phi) is 5.61. The molecule has 0 N–H and O–H groups in total. The van der Waals surface area contributed by atoms with Crippen molar-refractivity contribution in [3.05, 3.63) is 30.2 Å². The molecule has 1 spiro atoms. The average Bonchev–Trinajstić information content (AvgIpc) is 3.30. The van der Waals surface area contributed by atoms with E-state index in [-0.39, 0.29) is 11.5 Å². The molecule has 28 heavy (non-hydrogen) atoms. The highest BCUT2D eigenvalue weighted by atomic mass is 16.5. The summed E-state index contributed by atoms with van der Waals surface area (Å²) in [5.41, 5.74) is 0.959. The summed E-state index contributed by atoms with van der Waals surface area (Å²) in [6, 6.07) is 1.81. The van der Waals surface area contributed by atoms with E-state index < -0.39 is 0 Å². The van der Waals surface area contributed by atoms with E-state index in [2.05, 4.69) is 22.0 Å². The number of methoxy groups -OCH3 is 1. The zero-order valence-corrected chi connectivity index (χ0v) is 16.7. The minimum Gasteiger partial charge on any atom is -0.383 e. The molecular weight excluding hydrogens is 358 g/mol. The topological polar surface area (TPSA) is 72.2 Å². The number of hydrogen-bond donors (Lipinski definition) is 0. The summed E-state index contributed by atoms with van der Waals surface area (Å²) in [5.74, 6) is 0.493. The smallest absolute Gasteiger partial charge is 0.259 e. The molecule has 0 bridgehead atoms. The first-order chi connectivity index (χ1) is 13.6. The molecule has 2 aromatic rings. The highest BCUT2D eigenvalue weighted by Crippen LogP contribution is 2.38. The summed E-state index contributed by atoms with van der Waals surface area (Å²) < 4.78 is 13.1. The Hall–Kier alpha value is -2.03. The maximum absolute atomic E-state index is 13.1. The lowest BCUT2D eigenvalue weighted by atomic mass is 9.86. The number of piperidine rings is 1. The molecule has 8 heteroatoms. The van der Waals surface area contributed by atoms with Crippen molar-refractivity contribution in [2.24, 2.45) is 5.92 Å². The van der Waals surface area contributed by atoms with Crippen molar-refractivity contribution in [2.45, 2.75) is 24.9 Å². The molecule has 0 aliphatic carbocycles. The predicted molar refractivity (Wildman–Crippen MR) is 104 cm³/mol. The number of fused-ring (bicyclic) bond motifs is 1. The molecule has 2 aliphatic heterocycles. The quantitative estimate of drug-likeness (QED) is 0.744. The van der Waals surface area contributed by atoms with Gasteiger partial charge in [-0.2, -0.15) is 5.10 Å². The van der Waals surface area contributed by atoms with Crippen LogP contribution >= 0.6 is 0 Å². The normalized spacial score (nSPS) is 25.2. The van der Waals surface area contributed by atoms with E-state index in [1.807, 2.05) is 11.1 Å². The highest BCUT2D eigenvalue weighted by molar-refractivity contribution is 5.99. The molecule has 2 saturated heterocycles. The second-order valence-corrected chi connectivity index (χ2v) is 8.10. The third kappa shape index (κ3) is 3.90. The van der Waals surface area contributed by atoms with Gasteiger partial charge in [0.05, 0.1) is 25.0 Å². The molecule has 2 aromatic heterocycles. The van der Waals surface area contributed by atoms with Gasteiger partial charge in [-0.05, 0) is 38.3 Å². The van der Waals surface area contributed by atoms with Gasteiger partial charge in [0.1, 0.15) is 5.56 Å². The minimum atomic E-state index is -0.211. The van der Waals surface area contributed by atoms with Gasteiger partial charge in [0.2, 0.25) is 0 Å². The van der Waals surface area contributed by atoms with E-state index in [9.17, 15) is 4.79 Å². The van der Waals surface area contributed by atoms with Crippen LogP contribution in [0.4, 0.5) is 0 Å². The predicted octanol–water partition coefficient (Wildman–Crippen LogP) is 1.32. The first-order valence-electron chi connectivity index (χ1n) is 9.99. The number of ether oxygens (including phenoxy) is 2. The van der Waals surface area contributed by atoms with Crippen LogP contribution in [0.25, 0.3) is 5.65 Å². The molecule has 2 fully saturated rings. The third-order valence-corrected chi connectivity index (χ3v) is 5.87. The van der Waals surface area contributed by atoms with E-state index in [0.29, 0.717) is 23.7 Å². The number of hydrogen-bond acceptors (Lipinski definition) is 6. The Morgan fingerprint density at radius 1 is 1.50 bits per heavy atom. The first-order valence-corrected chi connectivity index (χ1v) is 9.99. The van der Waals surface area contributed by atoms with Crippen LogP contribution in [0.3, 0.4) is 0 Å². The van der Waals surface area contributed by atoms with Crippen LogP contribution < -0.4 is 0 Å². The Bertz CT molecular complexity index is 825. The Labute approximate surface area is 165 Å². The zero-order chi connectivity index (χ0) is 19.6. The summed E-state index contributed by atoms with van der Waals surface area (Å²) in [6.45, 7) is 4.83. The molecule has 2 atom stereocenters. The van der Waals surface area contributed by atoms with Crippen molar-refractivity contribution in [3.63, 3.8) is 0 Å². The molecule has 152 valence electrons. The summed E-state index contributed by atoms with van der Waals surface area (Å²) in [5, 5.41) is 4.25. The number of carbonyl (C=O) groups is 1. The maximum atomic E-state index is 13.1. The number of likely N-dealkylation sites (tertiary alicyclic amines) is 1. The second-order valence-electron chi connectivity index (χ2n) is 8.10. The van der Waals surface area contributed by atoms with Crippen LogP contribution in [0.2, 0.25) is 0 Å². The zero-order valence-electron chi connectivity index (χ0n) is 16.7. The largest absolute Gasteiger partial charge is 0.383 e. The summed E-state index contributed by atoms with van der Waals surface area (Å²) in [6.07, 6.45) is 8.10. The standard InChI is InChI=1S/C20H29N5O3/c1-23(9-10-27-2)13-16-11-20(28-14-16)5-3-7-24(15-20)19(26)17-12-22-25-8-4-6-21-18(17)25/h4,6,8,12,16H,3,5,7,9-11,13-15H2,1-2H3/t16-,20+/m1/s1. The molecule has 1 amide bonds. The Morgan fingerprint density at radius 2 is 2.39 bits per heavy atom. The van der Waals surface area contributed by atoms with Crippen LogP contribution in [0.1, 0.15) is 29.6 Å². The number of nitrogens with zero attached hydrogens (tertiary/aromatic N) is 5. The first kappa shape index (κ1) is 19.3. The van der Waals surface area contributed by atoms with Gasteiger partial charge >= 0.3 is 0 Å². The van der Waals surface area contributed by atoms with Gasteiger partial charge in [0, 0.05) is 45.7 Å². The summed E-state index contributed by atoms with van der Waals surface area (Å²) >= 11 is 0. The van der Waals surface area contributed by atoms with Gasteiger partial charge in [-0.25, -0.2) is 9.50 Å². The van der Waals surface area contributed by atoms with Crippen LogP contribution in [-0.4, -0.2) is 89.5 Å². The number of amides is 1. The number of likely N-dealkylation sites (N-methyl/N-ethyl adjacent to an activating group) is 1. The molecule has 0 radical (unpaired) electrons. The van der Waals surface area contributed by atoms with Gasteiger partial charge in [-0.1, -0.05) is 0 Å². The molecule has 2 aliphatic rings. The summed E-state index contributed by atoms with van der Waals surface area (Å²) in [4.78, 5) is 21.7. The molecule has 4 rings (SSSR count). The van der Waals surface area contributed by atoms with Crippen molar-refractivity contribution in [1.29, 1.82) is 0 Å². The van der Waals surface area contributed by atoms with Gasteiger partial charge < -0.3 is 19.3 Å². The Morgan fingerprint density at radius 3 is 3.25 bits per heavy atom. The van der Waals surface area contributed by atoms with E-state index in [0.717, 1.165) is 52.1 Å². The fraction of sp³-hybridized carbons (Fsp3) is 0.650. The van der Waals surface area contributed by atoms with Crippen LogP contribution in [0.5, 0.6) is 0 Å². The molecule has 0 unspecified atom stereocenters. The molecule has 0 aromatic carbocycles. The van der Waals surface area contributed by atoms with E-state index in [4.69, 9.17) is 9.47 Å². The molecule has 0 saturated carbocycles. The van der Waals surface area contributed by atoms with Crippen LogP contribution in [0, 0.1) is 5.92 Å². The van der Waals surface area contributed by atoms with E-state index >= 15 is 0 Å². The molecule has 8 nitrogen and oxygen atoms in total. The van der Waals surface area contributed by atoms with Crippen molar-refractivity contribution in [2.75, 3.05) is 53.6 Å². The SMILES string of the molecule is COCCN(C)C[C@@H]1CO[C@@]2(CCCN(C(=O)c3cnn4cccnc34)C2)C1. The monoisotopic (exact) mass is 387 g/mol. The molecular formula is C20H29N5O3. The van der Waals surface area contributed by atoms with Gasteiger partial charge in [-0.15, -0.1) is 0 Å². The number of carbonyl (C=O) groups excluding carboxylic acids is 1. The van der Waals surface area contributed by atoms with Gasteiger partial charge in [0.25, 0.3) is 5.91 Å². The van der Waals surface area contributed by atoms with Crippen molar-refractivity contribution in [3.8, 4) is 0 Å². The lowest BCUT2D eigenvalue weighted by molar-refractivity contribution is -0.0450. The fourth-order valence-electron chi connectivity index (χ4n) is 4.54. The lowest BCUT2D eigenvalue weighted by Gasteiger charge is -2.39. The minimum absolute atomic E-state index is 0.00274. The van der Waals surface area contributed by atoms with Crippen molar-refractivity contribution >= 4 is 11.6 Å². The maximum Gasteiger partial charge on any atom is 0.259 e. The van der Waals surface area contributed by atoms with Crippen LogP contribution in [0.15, 0.2) is 24.7 Å². The van der Waals surface area contributed by atoms with Crippen molar-refractivity contribution < 1.29 is 14.3 Å². The van der Waals surface area contributed by atoms with E-state index in [1.54, 1.807) is 30.1 Å². The van der Waals surface area contributed by atoms with E-state index in [1.165, 1.54) is 0 Å². The number of aromatic nitrogens is 3. The Balaban J connectivity index is 1.41. The fourth-order valence-corrected chi connectivity index (χ4v) is 4.54. The van der Waals surface area contributed by atoms with Gasteiger partial charge in [0.15, 0.2) is 5.65 Å². The third-order valence-electron chi connectivity index (χ3n) is 5.87. The lowest BCUT2D eigenvalue weighted by Crippen LogP contribution is -2.50. The summed E-state index contributed by atoms with van der Waals surface area (Å²) in [7, 11) is 3.85. The average molecular weight is 387 g/mol. The van der Waals surface area contributed by atoms with Crippen molar-refractivity contribution in [1.82, 2.24) is 24.4 Å². The number of rotatable bonds is 6. The molecule has 4 heterocycles. The second kappa shape index (κ2) is 8.14. The van der Waals surface area contributed by atoms with Crippen LogP contribution in [-0.2, 0) is 9.47 Å². The van der Waals surface area contributed by atoms with Gasteiger partial charge in [-0.3, -0.25) is 4.79 Å². The highest BCUT2D eigenvalue weighted by Gasteiger charge is 2.44.